The number of nitrogens with zero attached hydrogens (tertiary/aromatic N) is 1. The lowest BCUT2D eigenvalue weighted by atomic mass is 9.97. The van der Waals surface area contributed by atoms with Gasteiger partial charge in [-0.25, -0.2) is 4.39 Å². The Morgan fingerprint density at radius 1 is 1.38 bits per heavy atom. The normalized spacial score (nSPS) is 19.7. The van der Waals surface area contributed by atoms with Gasteiger partial charge in [-0.15, -0.1) is 0 Å². The van der Waals surface area contributed by atoms with E-state index in [1.165, 1.54) is 4.90 Å². The van der Waals surface area contributed by atoms with Crippen molar-refractivity contribution in [1.29, 1.82) is 0 Å². The maximum atomic E-state index is 14.0. The van der Waals surface area contributed by atoms with Crippen molar-refractivity contribution in [3.8, 4) is 0 Å². The Kier molecular flexibility index (Phi) is 4.51. The molecular weight excluding hydrogens is 288 g/mol. The molecule has 1 fully saturated rings. The van der Waals surface area contributed by atoms with Crippen molar-refractivity contribution >= 4 is 5.91 Å². The Morgan fingerprint density at radius 2 is 2.10 bits per heavy atom. The van der Waals surface area contributed by atoms with Crippen LogP contribution in [0.5, 0.6) is 0 Å². The van der Waals surface area contributed by atoms with Gasteiger partial charge in [-0.05, 0) is 37.4 Å². The van der Waals surface area contributed by atoms with E-state index in [1.807, 2.05) is 0 Å². The lowest BCUT2D eigenvalue weighted by Crippen LogP contribution is -2.42. The summed E-state index contributed by atoms with van der Waals surface area (Å²) in [5.41, 5.74) is 3.60. The molecule has 0 aliphatic carbocycles. The van der Waals surface area contributed by atoms with E-state index in [9.17, 15) is 22.4 Å². The van der Waals surface area contributed by atoms with E-state index in [2.05, 4.69) is 0 Å². The molecule has 0 saturated carbocycles. The van der Waals surface area contributed by atoms with Gasteiger partial charge in [0.1, 0.15) is 5.82 Å². The van der Waals surface area contributed by atoms with E-state index in [0.717, 1.165) is 18.6 Å². The topological polar surface area (TPSA) is 46.3 Å². The molecule has 2 N–H and O–H groups in total. The van der Waals surface area contributed by atoms with Crippen LogP contribution in [0.2, 0.25) is 0 Å². The van der Waals surface area contributed by atoms with E-state index in [1.54, 1.807) is 0 Å². The highest BCUT2D eigenvalue weighted by Gasteiger charge is 2.36. The molecule has 1 unspecified atom stereocenters. The first-order chi connectivity index (χ1) is 9.84. The maximum Gasteiger partial charge on any atom is 0.419 e. The molecule has 1 heterocycles. The van der Waals surface area contributed by atoms with Gasteiger partial charge in [-0.3, -0.25) is 4.79 Å². The Hall–Kier alpha value is -1.63. The number of hydrogen-bond acceptors (Lipinski definition) is 2. The highest BCUT2D eigenvalue weighted by Crippen LogP contribution is 2.33. The van der Waals surface area contributed by atoms with Gasteiger partial charge in [0.25, 0.3) is 5.91 Å². The van der Waals surface area contributed by atoms with E-state index < -0.39 is 29.0 Å². The molecule has 21 heavy (non-hydrogen) atoms. The van der Waals surface area contributed by atoms with E-state index in [4.69, 9.17) is 5.73 Å². The Labute approximate surface area is 119 Å². The second kappa shape index (κ2) is 6.01. The Bertz CT molecular complexity index is 530. The predicted molar refractivity (Wildman–Crippen MR) is 69.1 cm³/mol. The summed E-state index contributed by atoms with van der Waals surface area (Å²) in [6.07, 6.45) is -3.23. The van der Waals surface area contributed by atoms with Crippen LogP contribution in [0.4, 0.5) is 17.6 Å². The van der Waals surface area contributed by atoms with Gasteiger partial charge in [0.2, 0.25) is 0 Å². The number of halogens is 4. The molecule has 1 aromatic carbocycles. The summed E-state index contributed by atoms with van der Waals surface area (Å²) in [5, 5.41) is 0. The third kappa shape index (κ3) is 3.34. The highest BCUT2D eigenvalue weighted by atomic mass is 19.4. The summed E-state index contributed by atoms with van der Waals surface area (Å²) in [7, 11) is 0. The third-order valence-corrected chi connectivity index (χ3v) is 3.67. The van der Waals surface area contributed by atoms with Crippen LogP contribution < -0.4 is 5.73 Å². The van der Waals surface area contributed by atoms with Crippen LogP contribution in [0.15, 0.2) is 18.2 Å². The molecule has 0 spiro atoms. The summed E-state index contributed by atoms with van der Waals surface area (Å²) < 4.78 is 52.0. The number of likely N-dealkylation sites (tertiary alicyclic amines) is 1. The van der Waals surface area contributed by atoms with Gasteiger partial charge in [0, 0.05) is 13.1 Å². The molecule has 3 nitrogen and oxygen atoms in total. The zero-order valence-corrected chi connectivity index (χ0v) is 11.3. The number of nitrogens with two attached hydrogens (primary N) is 1. The van der Waals surface area contributed by atoms with Crippen molar-refractivity contribution in [1.82, 2.24) is 4.90 Å². The molecule has 1 saturated heterocycles. The fourth-order valence-corrected chi connectivity index (χ4v) is 2.53. The number of rotatable bonds is 2. The minimum atomic E-state index is -4.82. The van der Waals surface area contributed by atoms with Crippen LogP contribution in [-0.4, -0.2) is 30.4 Å². The molecule has 0 bridgehead atoms. The third-order valence-electron chi connectivity index (χ3n) is 3.67. The minimum Gasteiger partial charge on any atom is -0.338 e. The molecule has 1 atom stereocenters. The quantitative estimate of drug-likeness (QED) is 0.854. The first-order valence-corrected chi connectivity index (χ1v) is 6.69. The Morgan fingerprint density at radius 3 is 2.71 bits per heavy atom. The first kappa shape index (κ1) is 15.8. The molecule has 2 rings (SSSR count). The van der Waals surface area contributed by atoms with Crippen molar-refractivity contribution in [3.05, 3.63) is 35.1 Å². The molecular formula is C14H16F4N2O. The van der Waals surface area contributed by atoms with Crippen molar-refractivity contribution in [2.24, 2.45) is 11.7 Å². The molecule has 0 aromatic heterocycles. The maximum absolute atomic E-state index is 14.0. The van der Waals surface area contributed by atoms with Gasteiger partial charge < -0.3 is 10.6 Å². The molecule has 0 radical (unpaired) electrons. The zero-order valence-electron chi connectivity index (χ0n) is 11.3. The lowest BCUT2D eigenvalue weighted by molar-refractivity contribution is -0.140. The summed E-state index contributed by atoms with van der Waals surface area (Å²) in [6.45, 7) is 1.16. The predicted octanol–water partition coefficient (Wildman–Crippen LogP) is 2.66. The highest BCUT2D eigenvalue weighted by molar-refractivity contribution is 5.94. The number of alkyl halides is 3. The average molecular weight is 304 g/mol. The second-order valence-electron chi connectivity index (χ2n) is 5.16. The molecule has 116 valence electrons. The summed E-state index contributed by atoms with van der Waals surface area (Å²) in [4.78, 5) is 13.6. The summed E-state index contributed by atoms with van der Waals surface area (Å²) in [6, 6.07) is 2.76. The van der Waals surface area contributed by atoms with Crippen LogP contribution in [0.1, 0.15) is 28.8 Å². The molecule has 1 amide bonds. The van der Waals surface area contributed by atoms with Crippen LogP contribution in [0.25, 0.3) is 0 Å². The summed E-state index contributed by atoms with van der Waals surface area (Å²) >= 11 is 0. The lowest BCUT2D eigenvalue weighted by Gasteiger charge is -2.32. The van der Waals surface area contributed by atoms with Gasteiger partial charge in [0.05, 0.1) is 11.1 Å². The monoisotopic (exact) mass is 304 g/mol. The van der Waals surface area contributed by atoms with Crippen molar-refractivity contribution in [2.45, 2.75) is 19.0 Å². The van der Waals surface area contributed by atoms with E-state index in [-0.39, 0.29) is 5.92 Å². The molecule has 1 aliphatic rings. The Balaban J connectivity index is 2.27. The number of carbonyl (C=O) groups is 1. The minimum absolute atomic E-state index is 0.108. The molecule has 7 heteroatoms. The largest absolute Gasteiger partial charge is 0.419 e. The summed E-state index contributed by atoms with van der Waals surface area (Å²) in [5.74, 6) is -2.11. The average Bonchev–Trinajstić information content (AvgIpc) is 2.45. The van der Waals surface area contributed by atoms with Crippen LogP contribution >= 0.6 is 0 Å². The van der Waals surface area contributed by atoms with E-state index >= 15 is 0 Å². The van der Waals surface area contributed by atoms with Crippen molar-refractivity contribution in [3.63, 3.8) is 0 Å². The number of carbonyl (C=O) groups excluding carboxylic acids is 1. The SMILES string of the molecule is NCC1CCCN(C(=O)c2cccc(C(F)(F)F)c2F)C1. The van der Waals surface area contributed by atoms with Crippen molar-refractivity contribution in [2.75, 3.05) is 19.6 Å². The zero-order chi connectivity index (χ0) is 15.6. The molecule has 1 aliphatic heterocycles. The van der Waals surface area contributed by atoms with Gasteiger partial charge in [-0.1, -0.05) is 6.07 Å². The van der Waals surface area contributed by atoms with Gasteiger partial charge in [-0.2, -0.15) is 13.2 Å². The van der Waals surface area contributed by atoms with E-state index in [0.29, 0.717) is 32.1 Å². The van der Waals surface area contributed by atoms with Crippen LogP contribution in [0.3, 0.4) is 0 Å². The van der Waals surface area contributed by atoms with Gasteiger partial charge >= 0.3 is 6.18 Å². The number of amides is 1. The van der Waals surface area contributed by atoms with Crippen LogP contribution in [0, 0.1) is 11.7 Å². The fraction of sp³-hybridized carbons (Fsp3) is 0.500. The first-order valence-electron chi connectivity index (χ1n) is 6.69. The van der Waals surface area contributed by atoms with Gasteiger partial charge in [0.15, 0.2) is 0 Å². The van der Waals surface area contributed by atoms with Crippen molar-refractivity contribution < 1.29 is 22.4 Å². The number of hydrogen-bond donors (Lipinski definition) is 1. The molecule has 1 aromatic rings. The number of piperidine rings is 1. The second-order valence-corrected chi connectivity index (χ2v) is 5.16. The standard InChI is InChI=1S/C14H16F4N2O/c15-12-10(4-1-5-11(12)14(16,17)18)13(21)20-6-2-3-9(7-19)8-20/h1,4-5,9H,2-3,6-8,19H2. The fourth-order valence-electron chi connectivity index (χ4n) is 2.53. The number of benzene rings is 1. The smallest absolute Gasteiger partial charge is 0.338 e. The van der Waals surface area contributed by atoms with Crippen LogP contribution in [-0.2, 0) is 6.18 Å².